The van der Waals surface area contributed by atoms with Gasteiger partial charge in [-0.2, -0.15) is 0 Å². The minimum Gasteiger partial charge on any atom is -0.421 e. The molecule has 2 rings (SSSR count). The number of hydrogen-bond donors (Lipinski definition) is 1. The largest absolute Gasteiger partial charge is 0.421 e. The van der Waals surface area contributed by atoms with Crippen molar-refractivity contribution >= 4 is 0 Å². The van der Waals surface area contributed by atoms with Gasteiger partial charge in [0.25, 0.3) is 5.89 Å². The fourth-order valence-corrected chi connectivity index (χ4v) is 1.84. The van der Waals surface area contributed by atoms with Gasteiger partial charge in [0.2, 0.25) is 5.89 Å². The van der Waals surface area contributed by atoms with E-state index in [0.29, 0.717) is 12.3 Å². The standard InChI is InChI=1S/C15H19F2N3O/c1-15(2,3)18-9-5-8-12-19-20-14(21-12)10-6-4-7-11(16)13(10)17/h4,6-7,18H,5,8-9H2,1-3H3. The highest BCUT2D eigenvalue weighted by Gasteiger charge is 2.16. The normalized spacial score (nSPS) is 11.9. The Morgan fingerprint density at radius 1 is 1.19 bits per heavy atom. The zero-order valence-corrected chi connectivity index (χ0v) is 12.4. The molecule has 6 heteroatoms. The van der Waals surface area contributed by atoms with Gasteiger partial charge in [0, 0.05) is 12.0 Å². The highest BCUT2D eigenvalue weighted by molar-refractivity contribution is 5.53. The van der Waals surface area contributed by atoms with Crippen LogP contribution >= 0.6 is 0 Å². The molecule has 4 nitrogen and oxygen atoms in total. The Bertz CT molecular complexity index is 605. The molecule has 0 atom stereocenters. The van der Waals surface area contributed by atoms with E-state index in [-0.39, 0.29) is 17.0 Å². The maximum atomic E-state index is 13.6. The van der Waals surface area contributed by atoms with Gasteiger partial charge >= 0.3 is 0 Å². The van der Waals surface area contributed by atoms with E-state index in [4.69, 9.17) is 4.42 Å². The van der Waals surface area contributed by atoms with Crippen LogP contribution < -0.4 is 5.32 Å². The lowest BCUT2D eigenvalue weighted by Crippen LogP contribution is -2.36. The number of aromatic nitrogens is 2. The highest BCUT2D eigenvalue weighted by Crippen LogP contribution is 2.23. The summed E-state index contributed by atoms with van der Waals surface area (Å²) in [6.07, 6.45) is 1.41. The average Bonchev–Trinajstić information content (AvgIpc) is 2.85. The number of aryl methyl sites for hydroxylation is 1. The van der Waals surface area contributed by atoms with E-state index in [0.717, 1.165) is 19.0 Å². The zero-order chi connectivity index (χ0) is 15.5. The molecule has 0 aliphatic rings. The van der Waals surface area contributed by atoms with Crippen molar-refractivity contribution in [3.05, 3.63) is 35.7 Å². The van der Waals surface area contributed by atoms with Gasteiger partial charge in [0.1, 0.15) is 0 Å². The van der Waals surface area contributed by atoms with Gasteiger partial charge in [-0.05, 0) is 45.9 Å². The van der Waals surface area contributed by atoms with E-state index in [2.05, 4.69) is 36.3 Å². The van der Waals surface area contributed by atoms with Gasteiger partial charge < -0.3 is 9.73 Å². The number of halogens is 2. The van der Waals surface area contributed by atoms with Gasteiger partial charge in [-0.1, -0.05) is 6.07 Å². The molecule has 2 aromatic rings. The molecule has 0 spiro atoms. The molecule has 0 saturated heterocycles. The molecule has 0 aliphatic heterocycles. The molecule has 0 aliphatic carbocycles. The van der Waals surface area contributed by atoms with Crippen molar-refractivity contribution in [3.8, 4) is 11.5 Å². The number of rotatable bonds is 5. The topological polar surface area (TPSA) is 51.0 Å². The first kappa shape index (κ1) is 15.6. The Labute approximate surface area is 122 Å². The van der Waals surface area contributed by atoms with Crippen LogP contribution in [0.15, 0.2) is 22.6 Å². The fraction of sp³-hybridized carbons (Fsp3) is 0.467. The maximum Gasteiger partial charge on any atom is 0.250 e. The Balaban J connectivity index is 1.97. The summed E-state index contributed by atoms with van der Waals surface area (Å²) >= 11 is 0. The molecule has 1 heterocycles. The Morgan fingerprint density at radius 3 is 2.67 bits per heavy atom. The van der Waals surface area contributed by atoms with Crippen molar-refractivity contribution in [2.24, 2.45) is 0 Å². The minimum atomic E-state index is -0.970. The van der Waals surface area contributed by atoms with E-state index in [9.17, 15) is 8.78 Å². The molecular formula is C15H19F2N3O. The monoisotopic (exact) mass is 295 g/mol. The van der Waals surface area contributed by atoms with Gasteiger partial charge in [-0.25, -0.2) is 8.78 Å². The summed E-state index contributed by atoms with van der Waals surface area (Å²) in [6.45, 7) is 7.08. The molecule has 0 saturated carbocycles. The SMILES string of the molecule is CC(C)(C)NCCCc1nnc(-c2cccc(F)c2F)o1. The summed E-state index contributed by atoms with van der Waals surface area (Å²) in [7, 11) is 0. The van der Waals surface area contributed by atoms with Crippen molar-refractivity contribution in [1.82, 2.24) is 15.5 Å². The van der Waals surface area contributed by atoms with Gasteiger partial charge in [-0.15, -0.1) is 10.2 Å². The van der Waals surface area contributed by atoms with Crippen LogP contribution in [0.1, 0.15) is 33.1 Å². The molecule has 0 fully saturated rings. The van der Waals surface area contributed by atoms with E-state index < -0.39 is 11.6 Å². The van der Waals surface area contributed by atoms with Gasteiger partial charge in [0.15, 0.2) is 11.6 Å². The average molecular weight is 295 g/mol. The zero-order valence-electron chi connectivity index (χ0n) is 12.4. The van der Waals surface area contributed by atoms with Crippen LogP contribution in [-0.2, 0) is 6.42 Å². The van der Waals surface area contributed by atoms with Crippen molar-refractivity contribution < 1.29 is 13.2 Å². The number of nitrogens with one attached hydrogen (secondary N) is 1. The van der Waals surface area contributed by atoms with Crippen LogP contribution in [0, 0.1) is 11.6 Å². The second-order valence-corrected chi connectivity index (χ2v) is 5.88. The third kappa shape index (κ3) is 4.32. The maximum absolute atomic E-state index is 13.6. The lowest BCUT2D eigenvalue weighted by molar-refractivity contribution is 0.412. The van der Waals surface area contributed by atoms with Crippen LogP contribution in [0.3, 0.4) is 0 Å². The predicted molar refractivity (Wildman–Crippen MR) is 75.7 cm³/mol. The molecule has 114 valence electrons. The Hall–Kier alpha value is -1.82. The first-order valence-corrected chi connectivity index (χ1v) is 6.88. The number of benzene rings is 1. The molecule has 1 N–H and O–H groups in total. The number of hydrogen-bond acceptors (Lipinski definition) is 4. The third-order valence-corrected chi connectivity index (χ3v) is 2.87. The van der Waals surface area contributed by atoms with Crippen LogP contribution in [0.5, 0.6) is 0 Å². The summed E-state index contributed by atoms with van der Waals surface area (Å²) in [6, 6.07) is 3.87. The highest BCUT2D eigenvalue weighted by atomic mass is 19.2. The van der Waals surface area contributed by atoms with Crippen LogP contribution in [-0.4, -0.2) is 22.3 Å². The summed E-state index contributed by atoms with van der Waals surface area (Å²) in [5.74, 6) is -1.47. The van der Waals surface area contributed by atoms with E-state index >= 15 is 0 Å². The molecule has 0 unspecified atom stereocenters. The van der Waals surface area contributed by atoms with Crippen LogP contribution in [0.25, 0.3) is 11.5 Å². The van der Waals surface area contributed by atoms with Gasteiger partial charge in [-0.3, -0.25) is 0 Å². The molecule has 0 amide bonds. The van der Waals surface area contributed by atoms with E-state index in [1.807, 2.05) is 0 Å². The molecule has 0 radical (unpaired) electrons. The van der Waals surface area contributed by atoms with Crippen molar-refractivity contribution in [2.75, 3.05) is 6.54 Å². The molecule has 1 aromatic carbocycles. The third-order valence-electron chi connectivity index (χ3n) is 2.87. The summed E-state index contributed by atoms with van der Waals surface area (Å²) in [5.41, 5.74) is 0.0478. The molecule has 21 heavy (non-hydrogen) atoms. The van der Waals surface area contributed by atoms with Crippen LogP contribution in [0.4, 0.5) is 8.78 Å². The fourth-order valence-electron chi connectivity index (χ4n) is 1.84. The van der Waals surface area contributed by atoms with Crippen molar-refractivity contribution in [1.29, 1.82) is 0 Å². The predicted octanol–water partition coefficient (Wildman–Crippen LogP) is 3.34. The van der Waals surface area contributed by atoms with Crippen LogP contribution in [0.2, 0.25) is 0 Å². The summed E-state index contributed by atoms with van der Waals surface area (Å²) < 4.78 is 32.2. The quantitative estimate of drug-likeness (QED) is 0.860. The lowest BCUT2D eigenvalue weighted by atomic mass is 10.1. The first-order valence-electron chi connectivity index (χ1n) is 6.88. The first-order chi connectivity index (χ1) is 9.87. The van der Waals surface area contributed by atoms with Gasteiger partial charge in [0.05, 0.1) is 5.56 Å². The second kappa shape index (κ2) is 6.30. The summed E-state index contributed by atoms with van der Waals surface area (Å²) in [4.78, 5) is 0. The van der Waals surface area contributed by atoms with Crippen molar-refractivity contribution in [3.63, 3.8) is 0 Å². The smallest absolute Gasteiger partial charge is 0.250 e. The van der Waals surface area contributed by atoms with Crippen molar-refractivity contribution in [2.45, 2.75) is 39.2 Å². The van der Waals surface area contributed by atoms with E-state index in [1.54, 1.807) is 0 Å². The molecular weight excluding hydrogens is 276 g/mol. The Morgan fingerprint density at radius 2 is 1.95 bits per heavy atom. The number of nitrogens with zero attached hydrogens (tertiary/aromatic N) is 2. The van der Waals surface area contributed by atoms with E-state index in [1.165, 1.54) is 12.1 Å². The molecule has 0 bridgehead atoms. The Kier molecular flexibility index (Phi) is 4.67. The lowest BCUT2D eigenvalue weighted by Gasteiger charge is -2.19. The summed E-state index contributed by atoms with van der Waals surface area (Å²) in [5, 5.41) is 11.0. The molecule has 1 aromatic heterocycles. The minimum absolute atomic E-state index is 0.00535. The second-order valence-electron chi connectivity index (χ2n) is 5.88.